The van der Waals surface area contributed by atoms with Gasteiger partial charge in [-0.2, -0.15) is 0 Å². The molecule has 7 nitrogen and oxygen atoms in total. The molecule has 0 radical (unpaired) electrons. The van der Waals surface area contributed by atoms with E-state index in [2.05, 4.69) is 0 Å². The van der Waals surface area contributed by atoms with Crippen LogP contribution in [0.15, 0.2) is 15.7 Å². The number of aromatic nitrogens is 3. The van der Waals surface area contributed by atoms with E-state index < -0.39 is 17.2 Å². The number of fused-ring (bicyclic) bond motifs is 1. The lowest BCUT2D eigenvalue weighted by Crippen LogP contribution is -2.37. The van der Waals surface area contributed by atoms with Gasteiger partial charge < -0.3 is 9.67 Å². The van der Waals surface area contributed by atoms with E-state index >= 15 is 0 Å². The van der Waals surface area contributed by atoms with Gasteiger partial charge in [-0.25, -0.2) is 9.59 Å². The number of rotatable bonds is 1. The number of carboxylic acid groups (broad SMARTS) is 1. The number of nitrogens with zero attached hydrogens (tertiary/aromatic N) is 3. The second kappa shape index (κ2) is 3.34. The maximum atomic E-state index is 11.9. The van der Waals surface area contributed by atoms with E-state index in [-0.39, 0.29) is 11.2 Å². The zero-order valence-corrected chi connectivity index (χ0v) is 9.59. The number of hydrogen-bond donors (Lipinski definition) is 1. The molecule has 2 aromatic rings. The average molecular weight is 237 g/mol. The molecule has 0 atom stereocenters. The molecule has 0 spiro atoms. The quantitative estimate of drug-likeness (QED) is 0.708. The number of carboxylic acids is 1. The number of carbonyl (C=O) groups is 1. The normalized spacial score (nSPS) is 11.0. The van der Waals surface area contributed by atoms with E-state index in [9.17, 15) is 14.4 Å². The first kappa shape index (κ1) is 11.2. The van der Waals surface area contributed by atoms with Crippen molar-refractivity contribution in [2.24, 2.45) is 21.1 Å². The second-order valence-corrected chi connectivity index (χ2v) is 3.83. The van der Waals surface area contributed by atoms with Gasteiger partial charge in [-0.3, -0.25) is 13.9 Å². The molecule has 2 heterocycles. The summed E-state index contributed by atoms with van der Waals surface area (Å²) in [6, 6.07) is 1.32. The van der Waals surface area contributed by atoms with Crippen molar-refractivity contribution in [3.63, 3.8) is 0 Å². The summed E-state index contributed by atoms with van der Waals surface area (Å²) in [7, 11) is 4.34. The summed E-state index contributed by atoms with van der Waals surface area (Å²) in [5.74, 6) is -1.14. The van der Waals surface area contributed by atoms with E-state index in [4.69, 9.17) is 5.11 Å². The van der Waals surface area contributed by atoms with Gasteiger partial charge in [0.25, 0.3) is 5.56 Å². The van der Waals surface area contributed by atoms with Crippen molar-refractivity contribution >= 4 is 17.0 Å². The highest BCUT2D eigenvalue weighted by atomic mass is 16.4. The predicted molar refractivity (Wildman–Crippen MR) is 60.4 cm³/mol. The van der Waals surface area contributed by atoms with Crippen LogP contribution in [-0.2, 0) is 21.1 Å². The van der Waals surface area contributed by atoms with E-state index in [0.29, 0.717) is 5.52 Å². The zero-order valence-electron chi connectivity index (χ0n) is 9.59. The first-order valence-electron chi connectivity index (χ1n) is 4.85. The van der Waals surface area contributed by atoms with Crippen LogP contribution in [0.1, 0.15) is 10.5 Å². The minimum Gasteiger partial charge on any atom is -0.477 e. The molecule has 0 fully saturated rings. The molecule has 0 unspecified atom stereocenters. The minimum absolute atomic E-state index is 0.0294. The zero-order chi connectivity index (χ0) is 12.9. The smallest absolute Gasteiger partial charge is 0.352 e. The third-order valence-electron chi connectivity index (χ3n) is 2.87. The van der Waals surface area contributed by atoms with Crippen LogP contribution in [-0.4, -0.2) is 24.8 Å². The van der Waals surface area contributed by atoms with Gasteiger partial charge in [0.1, 0.15) is 11.2 Å². The molecule has 1 N–H and O–H groups in total. The van der Waals surface area contributed by atoms with Crippen LogP contribution >= 0.6 is 0 Å². The molecule has 0 amide bonds. The van der Waals surface area contributed by atoms with Crippen LogP contribution in [0, 0.1) is 0 Å². The highest BCUT2D eigenvalue weighted by molar-refractivity contribution is 5.93. The van der Waals surface area contributed by atoms with Crippen molar-refractivity contribution < 1.29 is 9.90 Å². The van der Waals surface area contributed by atoms with Crippen LogP contribution in [0.5, 0.6) is 0 Å². The van der Waals surface area contributed by atoms with Gasteiger partial charge in [-0.1, -0.05) is 0 Å². The van der Waals surface area contributed by atoms with Crippen LogP contribution in [0.25, 0.3) is 11.0 Å². The average Bonchev–Trinajstić information content (AvgIpc) is 2.62. The fraction of sp³-hybridized carbons (Fsp3) is 0.300. The molecule has 90 valence electrons. The molecule has 0 aliphatic carbocycles. The van der Waals surface area contributed by atoms with Gasteiger partial charge in [-0.15, -0.1) is 0 Å². The van der Waals surface area contributed by atoms with E-state index in [1.807, 2.05) is 0 Å². The molecule has 2 aromatic heterocycles. The Kier molecular flexibility index (Phi) is 2.20. The van der Waals surface area contributed by atoms with Gasteiger partial charge in [0.15, 0.2) is 0 Å². The Labute approximate surface area is 95.1 Å². The van der Waals surface area contributed by atoms with Crippen molar-refractivity contribution in [1.29, 1.82) is 0 Å². The Balaban J connectivity index is 3.14. The molecule has 2 rings (SSSR count). The summed E-state index contributed by atoms with van der Waals surface area (Å²) in [5, 5.41) is 8.97. The van der Waals surface area contributed by atoms with Crippen LogP contribution in [0.2, 0.25) is 0 Å². The maximum Gasteiger partial charge on any atom is 0.352 e. The van der Waals surface area contributed by atoms with Gasteiger partial charge >= 0.3 is 11.7 Å². The SMILES string of the molecule is Cn1c(=O)c2c(cc(C(=O)O)n2C)n(C)c1=O. The molecule has 0 aliphatic rings. The minimum atomic E-state index is -1.14. The summed E-state index contributed by atoms with van der Waals surface area (Å²) in [4.78, 5) is 34.5. The molecular formula is C10H11N3O4. The monoisotopic (exact) mass is 237 g/mol. The van der Waals surface area contributed by atoms with Gasteiger partial charge in [0.2, 0.25) is 0 Å². The highest BCUT2D eigenvalue weighted by Gasteiger charge is 2.18. The Bertz CT molecular complexity index is 747. The molecule has 17 heavy (non-hydrogen) atoms. The van der Waals surface area contributed by atoms with E-state index in [0.717, 1.165) is 4.57 Å². The Hall–Kier alpha value is -2.31. The first-order chi connectivity index (χ1) is 7.86. The second-order valence-electron chi connectivity index (χ2n) is 3.83. The number of aromatic carboxylic acids is 1. The first-order valence-corrected chi connectivity index (χ1v) is 4.85. The van der Waals surface area contributed by atoms with Gasteiger partial charge in [-0.05, 0) is 6.07 Å². The third kappa shape index (κ3) is 1.32. The Morgan fingerprint density at radius 1 is 1.12 bits per heavy atom. The lowest BCUT2D eigenvalue weighted by Gasteiger charge is -2.04. The van der Waals surface area contributed by atoms with Crippen molar-refractivity contribution in [1.82, 2.24) is 13.7 Å². The lowest BCUT2D eigenvalue weighted by atomic mass is 10.4. The molecule has 0 aromatic carbocycles. The molecular weight excluding hydrogens is 226 g/mol. The van der Waals surface area contributed by atoms with E-state index in [1.165, 1.54) is 36.3 Å². The Morgan fingerprint density at radius 3 is 2.24 bits per heavy atom. The van der Waals surface area contributed by atoms with E-state index in [1.54, 1.807) is 0 Å². The fourth-order valence-electron chi connectivity index (χ4n) is 1.87. The van der Waals surface area contributed by atoms with Gasteiger partial charge in [0.05, 0.1) is 5.52 Å². The lowest BCUT2D eigenvalue weighted by molar-refractivity contribution is 0.0687. The maximum absolute atomic E-state index is 11.9. The topological polar surface area (TPSA) is 86.2 Å². The van der Waals surface area contributed by atoms with Crippen LogP contribution < -0.4 is 11.2 Å². The largest absolute Gasteiger partial charge is 0.477 e. The Morgan fingerprint density at radius 2 is 1.71 bits per heavy atom. The number of hydrogen-bond acceptors (Lipinski definition) is 3. The summed E-state index contributed by atoms with van der Waals surface area (Å²) in [5.41, 5.74) is -0.494. The standard InChI is InChI=1S/C10H11N3O4/c1-11-6(9(15)16)4-5-7(11)8(14)13(3)10(17)12(5)2/h4H,1-3H3,(H,15,16). The molecule has 0 saturated heterocycles. The van der Waals surface area contributed by atoms with Crippen LogP contribution in [0.4, 0.5) is 0 Å². The summed E-state index contributed by atoms with van der Waals surface area (Å²) >= 11 is 0. The molecule has 0 saturated carbocycles. The van der Waals surface area contributed by atoms with Gasteiger partial charge in [0, 0.05) is 21.1 Å². The van der Waals surface area contributed by atoms with Crippen molar-refractivity contribution in [3.05, 3.63) is 32.6 Å². The summed E-state index contributed by atoms with van der Waals surface area (Å²) in [6.07, 6.45) is 0. The summed E-state index contributed by atoms with van der Waals surface area (Å²) < 4.78 is 3.48. The van der Waals surface area contributed by atoms with Crippen molar-refractivity contribution in [3.8, 4) is 0 Å². The molecule has 0 aliphatic heterocycles. The van der Waals surface area contributed by atoms with Crippen LogP contribution in [0.3, 0.4) is 0 Å². The summed E-state index contributed by atoms with van der Waals surface area (Å²) in [6.45, 7) is 0. The third-order valence-corrected chi connectivity index (χ3v) is 2.87. The predicted octanol–water partition coefficient (Wildman–Crippen LogP) is -0.726. The number of aryl methyl sites for hydroxylation is 2. The fourth-order valence-corrected chi connectivity index (χ4v) is 1.87. The molecule has 0 bridgehead atoms. The molecule has 7 heteroatoms. The van der Waals surface area contributed by atoms with Crippen molar-refractivity contribution in [2.45, 2.75) is 0 Å². The van der Waals surface area contributed by atoms with Crippen molar-refractivity contribution in [2.75, 3.05) is 0 Å². The highest BCUT2D eigenvalue weighted by Crippen LogP contribution is 2.13.